The van der Waals surface area contributed by atoms with E-state index >= 15 is 0 Å². The Morgan fingerprint density at radius 1 is 1.14 bits per heavy atom. The molecule has 0 aliphatic heterocycles. The molecule has 0 radical (unpaired) electrons. The van der Waals surface area contributed by atoms with Crippen LogP contribution >= 0.6 is 15.9 Å². The lowest BCUT2D eigenvalue weighted by Crippen LogP contribution is -2.04. The van der Waals surface area contributed by atoms with Crippen LogP contribution in [0.3, 0.4) is 0 Å². The summed E-state index contributed by atoms with van der Waals surface area (Å²) in [5, 5.41) is 0. The lowest BCUT2D eigenvalue weighted by molar-refractivity contribution is 0.104. The molecule has 0 aromatic heterocycles. The molecule has 0 saturated heterocycles. The Morgan fingerprint density at radius 3 is 2.73 bits per heavy atom. The molecule has 0 N–H and O–H groups in total. The van der Waals surface area contributed by atoms with E-state index in [1.54, 1.807) is 31.4 Å². The van der Waals surface area contributed by atoms with Crippen molar-refractivity contribution >= 4 is 27.8 Å². The minimum absolute atomic E-state index is 0.0352. The second kappa shape index (κ2) is 8.51. The molecule has 22 heavy (non-hydrogen) atoms. The number of methoxy groups -OCH3 is 1. The van der Waals surface area contributed by atoms with E-state index in [1.807, 2.05) is 36.4 Å². The van der Waals surface area contributed by atoms with Gasteiger partial charge in [-0.3, -0.25) is 4.79 Å². The first-order valence-corrected chi connectivity index (χ1v) is 7.68. The number of carbonyl (C=O) groups is 1. The Morgan fingerprint density at radius 2 is 1.95 bits per heavy atom. The summed E-state index contributed by atoms with van der Waals surface area (Å²) in [7, 11) is 1.63. The largest absolute Gasteiger partial charge is 0.491 e. The molecule has 0 heterocycles. The molecule has 0 amide bonds. The number of allylic oxidation sites excluding steroid dienone is 1. The van der Waals surface area contributed by atoms with Gasteiger partial charge in [0.1, 0.15) is 12.4 Å². The number of ketones is 1. The van der Waals surface area contributed by atoms with Crippen molar-refractivity contribution in [2.45, 2.75) is 0 Å². The van der Waals surface area contributed by atoms with E-state index in [2.05, 4.69) is 15.9 Å². The maximum atomic E-state index is 12.1. The van der Waals surface area contributed by atoms with Crippen LogP contribution in [0.5, 0.6) is 5.75 Å². The lowest BCUT2D eigenvalue weighted by atomic mass is 10.1. The number of carbonyl (C=O) groups excluding carboxylic acids is 1. The van der Waals surface area contributed by atoms with E-state index in [9.17, 15) is 4.79 Å². The number of hydrogen-bond donors (Lipinski definition) is 0. The summed E-state index contributed by atoms with van der Waals surface area (Å²) < 4.78 is 11.4. The number of ether oxygens (including phenoxy) is 2. The normalized spacial score (nSPS) is 10.8. The van der Waals surface area contributed by atoms with E-state index in [0.717, 1.165) is 15.8 Å². The predicted molar refractivity (Wildman–Crippen MR) is 91.3 cm³/mol. The average molecular weight is 361 g/mol. The Balaban J connectivity index is 2.03. The SMILES string of the molecule is COCCOc1cccc(C=CC(=O)c2cccc(Br)c2)c1. The minimum atomic E-state index is -0.0352. The first-order valence-electron chi connectivity index (χ1n) is 6.89. The topological polar surface area (TPSA) is 35.5 Å². The van der Waals surface area contributed by atoms with E-state index in [1.165, 1.54) is 0 Å². The Kier molecular flexibility index (Phi) is 6.37. The summed E-state index contributed by atoms with van der Waals surface area (Å²) in [6.07, 6.45) is 3.35. The predicted octanol–water partition coefficient (Wildman–Crippen LogP) is 4.37. The molecule has 0 fully saturated rings. The molecule has 2 rings (SSSR count). The standard InChI is InChI=1S/C18H17BrO3/c1-21-10-11-22-17-7-2-4-14(12-17)8-9-18(20)15-5-3-6-16(19)13-15/h2-9,12-13H,10-11H2,1H3. The van der Waals surface area contributed by atoms with Gasteiger partial charge in [-0.1, -0.05) is 46.3 Å². The first-order chi connectivity index (χ1) is 10.7. The minimum Gasteiger partial charge on any atom is -0.491 e. The second-order valence-corrected chi connectivity index (χ2v) is 5.54. The van der Waals surface area contributed by atoms with Crippen molar-refractivity contribution in [3.05, 3.63) is 70.2 Å². The Hall–Kier alpha value is -1.91. The molecule has 0 saturated carbocycles. The molecular formula is C18H17BrO3. The number of hydrogen-bond acceptors (Lipinski definition) is 3. The van der Waals surface area contributed by atoms with Crippen molar-refractivity contribution in [2.75, 3.05) is 20.3 Å². The lowest BCUT2D eigenvalue weighted by Gasteiger charge is -2.05. The highest BCUT2D eigenvalue weighted by molar-refractivity contribution is 9.10. The molecule has 0 spiro atoms. The summed E-state index contributed by atoms with van der Waals surface area (Å²) in [6, 6.07) is 14.9. The van der Waals surface area contributed by atoms with Gasteiger partial charge >= 0.3 is 0 Å². The molecule has 3 nitrogen and oxygen atoms in total. The highest BCUT2D eigenvalue weighted by Crippen LogP contribution is 2.16. The molecule has 0 aliphatic carbocycles. The third-order valence-electron chi connectivity index (χ3n) is 2.95. The fourth-order valence-electron chi connectivity index (χ4n) is 1.86. The van der Waals surface area contributed by atoms with Crippen molar-refractivity contribution in [3.8, 4) is 5.75 Å². The summed E-state index contributed by atoms with van der Waals surface area (Å²) in [6.45, 7) is 1.04. The molecule has 2 aromatic carbocycles. The van der Waals surface area contributed by atoms with Crippen LogP contribution in [0.2, 0.25) is 0 Å². The van der Waals surface area contributed by atoms with Gasteiger partial charge in [-0.15, -0.1) is 0 Å². The van der Waals surface area contributed by atoms with Crippen molar-refractivity contribution in [1.82, 2.24) is 0 Å². The van der Waals surface area contributed by atoms with E-state index in [-0.39, 0.29) is 5.78 Å². The fourth-order valence-corrected chi connectivity index (χ4v) is 2.26. The molecular weight excluding hydrogens is 344 g/mol. The maximum absolute atomic E-state index is 12.1. The van der Waals surface area contributed by atoms with Crippen molar-refractivity contribution in [2.24, 2.45) is 0 Å². The van der Waals surface area contributed by atoms with E-state index in [4.69, 9.17) is 9.47 Å². The van der Waals surface area contributed by atoms with Gasteiger partial charge in [-0.05, 0) is 35.9 Å². The summed E-state index contributed by atoms with van der Waals surface area (Å²) >= 11 is 3.36. The second-order valence-electron chi connectivity index (χ2n) is 4.62. The van der Waals surface area contributed by atoms with Gasteiger partial charge in [-0.2, -0.15) is 0 Å². The smallest absolute Gasteiger partial charge is 0.185 e. The summed E-state index contributed by atoms with van der Waals surface area (Å²) in [4.78, 5) is 12.1. The zero-order valence-corrected chi connectivity index (χ0v) is 13.9. The number of halogens is 1. The zero-order valence-electron chi connectivity index (χ0n) is 12.3. The maximum Gasteiger partial charge on any atom is 0.185 e. The third-order valence-corrected chi connectivity index (χ3v) is 3.44. The van der Waals surface area contributed by atoms with Crippen LogP contribution < -0.4 is 4.74 Å². The van der Waals surface area contributed by atoms with Crippen LogP contribution in [0.4, 0.5) is 0 Å². The van der Waals surface area contributed by atoms with Crippen LogP contribution in [0, 0.1) is 0 Å². The number of benzene rings is 2. The summed E-state index contributed by atoms with van der Waals surface area (Å²) in [5.41, 5.74) is 1.57. The van der Waals surface area contributed by atoms with Gasteiger partial charge in [0.25, 0.3) is 0 Å². The Bertz CT molecular complexity index is 665. The quantitative estimate of drug-likeness (QED) is 0.417. The van der Waals surface area contributed by atoms with Crippen LogP contribution in [0.25, 0.3) is 6.08 Å². The van der Waals surface area contributed by atoms with Gasteiger partial charge < -0.3 is 9.47 Å². The fraction of sp³-hybridized carbons (Fsp3) is 0.167. The molecule has 2 aromatic rings. The first kappa shape index (κ1) is 16.5. The Labute approximate surface area is 138 Å². The highest BCUT2D eigenvalue weighted by atomic mass is 79.9. The van der Waals surface area contributed by atoms with Crippen LogP contribution in [-0.4, -0.2) is 26.1 Å². The average Bonchev–Trinajstić information content (AvgIpc) is 2.53. The van der Waals surface area contributed by atoms with Gasteiger partial charge in [0.2, 0.25) is 0 Å². The van der Waals surface area contributed by atoms with E-state index in [0.29, 0.717) is 18.8 Å². The van der Waals surface area contributed by atoms with Crippen molar-refractivity contribution < 1.29 is 14.3 Å². The van der Waals surface area contributed by atoms with E-state index < -0.39 is 0 Å². The van der Waals surface area contributed by atoms with Crippen LogP contribution in [-0.2, 0) is 4.74 Å². The van der Waals surface area contributed by atoms with Crippen molar-refractivity contribution in [3.63, 3.8) is 0 Å². The molecule has 0 bridgehead atoms. The number of rotatable bonds is 7. The molecule has 0 atom stereocenters. The molecule has 0 aliphatic rings. The van der Waals surface area contributed by atoms with Gasteiger partial charge in [0.05, 0.1) is 6.61 Å². The third kappa shape index (κ3) is 5.13. The molecule has 114 valence electrons. The van der Waals surface area contributed by atoms with Crippen LogP contribution in [0.1, 0.15) is 15.9 Å². The van der Waals surface area contributed by atoms with Crippen LogP contribution in [0.15, 0.2) is 59.1 Å². The van der Waals surface area contributed by atoms with Gasteiger partial charge in [0.15, 0.2) is 5.78 Å². The van der Waals surface area contributed by atoms with Crippen molar-refractivity contribution in [1.29, 1.82) is 0 Å². The zero-order chi connectivity index (χ0) is 15.8. The van der Waals surface area contributed by atoms with Gasteiger partial charge in [0, 0.05) is 17.1 Å². The molecule has 4 heteroatoms. The highest BCUT2D eigenvalue weighted by Gasteiger charge is 2.02. The van der Waals surface area contributed by atoms with Gasteiger partial charge in [-0.25, -0.2) is 0 Å². The molecule has 0 unspecified atom stereocenters. The summed E-state index contributed by atoms with van der Waals surface area (Å²) in [5.74, 6) is 0.723. The monoisotopic (exact) mass is 360 g/mol.